The number of nitrogens with zero attached hydrogens (tertiary/aromatic N) is 1. The quantitative estimate of drug-likeness (QED) is 0.223. The van der Waals surface area contributed by atoms with Crippen molar-refractivity contribution in [1.82, 2.24) is 4.90 Å². The topological polar surface area (TPSA) is 12.5 Å². The molecule has 0 spiro atoms. The second-order valence-corrected chi connectivity index (χ2v) is 6.26. The number of rotatable bonds is 13. The maximum absolute atomic E-state index is 5.97. The van der Waals surface area contributed by atoms with Crippen LogP contribution >= 0.6 is 0 Å². The summed E-state index contributed by atoms with van der Waals surface area (Å²) in [5.41, 5.74) is 2.37. The molecule has 0 bridgehead atoms. The van der Waals surface area contributed by atoms with E-state index in [1.807, 2.05) is 0 Å². The minimum atomic E-state index is 0. The molecule has 0 amide bonds. The van der Waals surface area contributed by atoms with Crippen molar-refractivity contribution in [3.05, 3.63) is 30.7 Å². The first kappa shape index (κ1) is 24.1. The Hall–Kier alpha value is -0.133. The third kappa shape index (κ3) is 14.8. The van der Waals surface area contributed by atoms with E-state index in [-0.39, 0.29) is 25.0 Å². The number of unbranched alkanes of at least 4 members (excludes halogenated alkanes) is 3. The van der Waals surface area contributed by atoms with Crippen molar-refractivity contribution in [3.63, 3.8) is 0 Å². The molecule has 1 atom stereocenters. The number of hydrogen-bond donors (Lipinski definition) is 0. The summed E-state index contributed by atoms with van der Waals surface area (Å²) in [6.45, 7) is 14.4. The van der Waals surface area contributed by atoms with E-state index in [9.17, 15) is 0 Å². The number of ether oxygens (including phenoxy) is 1. The van der Waals surface area contributed by atoms with Gasteiger partial charge in [0, 0.05) is 6.61 Å². The molecular formula is C19H36LiNO. The third-order valence-electron chi connectivity index (χ3n) is 3.59. The minimum Gasteiger partial charge on any atom is -0.374 e. The average molecular weight is 301 g/mol. The van der Waals surface area contributed by atoms with Crippen LogP contribution in [-0.2, 0) is 4.74 Å². The van der Waals surface area contributed by atoms with Gasteiger partial charge in [-0.1, -0.05) is 44.8 Å². The van der Waals surface area contributed by atoms with Crippen molar-refractivity contribution in [3.8, 4) is 0 Å². The zero-order chi connectivity index (χ0) is 16.1. The number of allylic oxidation sites excluding steroid dienone is 2. The van der Waals surface area contributed by atoms with Crippen LogP contribution < -0.4 is 18.9 Å². The minimum absolute atomic E-state index is 0. The molecule has 22 heavy (non-hydrogen) atoms. The van der Waals surface area contributed by atoms with E-state index in [1.165, 1.54) is 24.8 Å². The van der Waals surface area contributed by atoms with Crippen LogP contribution in [0, 0.1) is 6.92 Å². The van der Waals surface area contributed by atoms with Gasteiger partial charge in [-0.25, -0.2) is 18.6 Å². The number of hydrogen-bond acceptors (Lipinski definition) is 2. The maximum atomic E-state index is 5.97. The van der Waals surface area contributed by atoms with Gasteiger partial charge in [0.1, 0.15) is 0 Å². The molecule has 0 aromatic heterocycles. The van der Waals surface area contributed by atoms with E-state index in [2.05, 4.69) is 52.4 Å². The monoisotopic (exact) mass is 301 g/mol. The van der Waals surface area contributed by atoms with Gasteiger partial charge in [0.15, 0.2) is 0 Å². The van der Waals surface area contributed by atoms with Gasteiger partial charge in [0.2, 0.25) is 0 Å². The van der Waals surface area contributed by atoms with Gasteiger partial charge in [-0.05, 0) is 40.4 Å². The summed E-state index contributed by atoms with van der Waals surface area (Å²) in [4.78, 5) is 2.19. The average Bonchev–Trinajstić information content (AvgIpc) is 2.42. The van der Waals surface area contributed by atoms with Gasteiger partial charge in [-0.3, -0.25) is 0 Å². The predicted octanol–water partition coefficient (Wildman–Crippen LogP) is 2.02. The van der Waals surface area contributed by atoms with E-state index in [1.54, 1.807) is 0 Å². The molecule has 0 heterocycles. The van der Waals surface area contributed by atoms with E-state index in [4.69, 9.17) is 4.74 Å². The summed E-state index contributed by atoms with van der Waals surface area (Å²) in [5.74, 6) is 0. The van der Waals surface area contributed by atoms with Crippen molar-refractivity contribution in [2.24, 2.45) is 0 Å². The molecule has 1 unspecified atom stereocenters. The van der Waals surface area contributed by atoms with E-state index in [0.29, 0.717) is 0 Å². The fourth-order valence-electron chi connectivity index (χ4n) is 2.20. The second-order valence-electron chi connectivity index (χ2n) is 6.26. The molecule has 0 fully saturated rings. The molecule has 2 nitrogen and oxygen atoms in total. The van der Waals surface area contributed by atoms with Crippen LogP contribution in [0.4, 0.5) is 0 Å². The molecule has 0 rings (SSSR count). The molecule has 124 valence electrons. The molecule has 0 aromatic rings. The van der Waals surface area contributed by atoms with Crippen molar-refractivity contribution in [2.75, 3.05) is 27.2 Å². The summed E-state index contributed by atoms with van der Waals surface area (Å²) in [7, 11) is 4.18. The Kier molecular flexibility index (Phi) is 17.3. The first-order chi connectivity index (χ1) is 9.97. The summed E-state index contributed by atoms with van der Waals surface area (Å²) >= 11 is 0. The first-order valence-electron chi connectivity index (χ1n) is 8.40. The Morgan fingerprint density at radius 1 is 1.27 bits per heavy atom. The maximum Gasteiger partial charge on any atom is 1.00 e. The summed E-state index contributed by atoms with van der Waals surface area (Å²) < 4.78 is 5.97. The van der Waals surface area contributed by atoms with Crippen molar-refractivity contribution in [2.45, 2.75) is 64.9 Å². The second kappa shape index (κ2) is 15.8. The fourth-order valence-corrected chi connectivity index (χ4v) is 2.20. The molecule has 0 aliphatic rings. The molecule has 3 heteroatoms. The van der Waals surface area contributed by atoms with Crippen LogP contribution in [0.3, 0.4) is 0 Å². The Morgan fingerprint density at radius 2 is 1.95 bits per heavy atom. The molecule has 0 saturated heterocycles. The Bertz CT molecular complexity index is 300. The molecule has 0 aliphatic heterocycles. The Balaban J connectivity index is 0. The van der Waals surface area contributed by atoms with Crippen molar-refractivity contribution >= 4 is 0 Å². The molecule has 0 saturated carbocycles. The predicted molar refractivity (Wildman–Crippen MR) is 94.5 cm³/mol. The van der Waals surface area contributed by atoms with E-state index < -0.39 is 0 Å². The van der Waals surface area contributed by atoms with Gasteiger partial charge >= 0.3 is 18.9 Å². The van der Waals surface area contributed by atoms with Crippen LogP contribution in [0.1, 0.15) is 58.8 Å². The van der Waals surface area contributed by atoms with E-state index >= 15 is 0 Å². The summed E-state index contributed by atoms with van der Waals surface area (Å²) in [6, 6.07) is 0. The van der Waals surface area contributed by atoms with Crippen LogP contribution in [0.5, 0.6) is 0 Å². The van der Waals surface area contributed by atoms with Crippen molar-refractivity contribution in [1.29, 1.82) is 0 Å². The third-order valence-corrected chi connectivity index (χ3v) is 3.59. The Morgan fingerprint density at radius 3 is 2.50 bits per heavy atom. The van der Waals surface area contributed by atoms with Gasteiger partial charge in [0.05, 0.1) is 6.10 Å². The van der Waals surface area contributed by atoms with Crippen LogP contribution in [-0.4, -0.2) is 38.3 Å². The zero-order valence-electron chi connectivity index (χ0n) is 15.8. The normalized spacial score (nSPS) is 13.0. The molecule has 0 N–H and O–H groups in total. The van der Waals surface area contributed by atoms with Crippen molar-refractivity contribution < 1.29 is 23.6 Å². The largest absolute Gasteiger partial charge is 1.00 e. The van der Waals surface area contributed by atoms with Crippen LogP contribution in [0.2, 0.25) is 0 Å². The smallest absolute Gasteiger partial charge is 0.374 e. The zero-order valence-corrected chi connectivity index (χ0v) is 15.8. The van der Waals surface area contributed by atoms with Gasteiger partial charge in [-0.2, -0.15) is 0 Å². The van der Waals surface area contributed by atoms with Gasteiger partial charge in [0.25, 0.3) is 0 Å². The van der Waals surface area contributed by atoms with E-state index in [0.717, 1.165) is 44.4 Å². The molecular weight excluding hydrogens is 265 g/mol. The molecule has 0 radical (unpaired) electrons. The SMILES string of the molecule is C=C(C)C(CC/C([CH2-])=C\CCCCC)OCCCN(C)C.[Li+]. The van der Waals surface area contributed by atoms with Gasteiger partial charge < -0.3 is 9.64 Å². The van der Waals surface area contributed by atoms with Crippen LogP contribution in [0.15, 0.2) is 23.8 Å². The molecule has 0 aromatic carbocycles. The van der Waals surface area contributed by atoms with Gasteiger partial charge in [-0.15, -0.1) is 6.42 Å². The summed E-state index contributed by atoms with van der Waals surface area (Å²) in [5, 5.41) is 0. The Labute approximate surface area is 151 Å². The molecule has 0 aliphatic carbocycles. The fraction of sp³-hybridized carbons (Fsp3) is 0.737. The van der Waals surface area contributed by atoms with Crippen LogP contribution in [0.25, 0.3) is 0 Å². The summed E-state index contributed by atoms with van der Waals surface area (Å²) in [6.07, 6.45) is 10.6. The standard InChI is InChI=1S/C19H36NO.Li/c1-7-8-9-10-12-18(4)13-14-19(17(2)3)21-16-11-15-20(5)6;/h12,19H,2,4,7-11,13-16H2,1,3,5-6H3;/q-1;+1/b18-12-;. The first-order valence-corrected chi connectivity index (χ1v) is 8.40.